The largest absolute Gasteiger partial charge is 0.360 e. The Hall–Kier alpha value is -1.36. The van der Waals surface area contributed by atoms with Crippen LogP contribution in [0.25, 0.3) is 0 Å². The number of amides is 1. The molecule has 20 heavy (non-hydrogen) atoms. The summed E-state index contributed by atoms with van der Waals surface area (Å²) in [5.41, 5.74) is 0. The number of aromatic nitrogens is 1. The summed E-state index contributed by atoms with van der Waals surface area (Å²) in [6.45, 7) is 8.26. The van der Waals surface area contributed by atoms with E-state index in [0.29, 0.717) is 23.5 Å². The van der Waals surface area contributed by atoms with Crippen LogP contribution in [0.5, 0.6) is 0 Å². The van der Waals surface area contributed by atoms with E-state index in [9.17, 15) is 4.79 Å². The van der Waals surface area contributed by atoms with E-state index in [-0.39, 0.29) is 11.9 Å². The van der Waals surface area contributed by atoms with Gasteiger partial charge in [-0.25, -0.2) is 0 Å². The number of anilines is 1. The van der Waals surface area contributed by atoms with Crippen molar-refractivity contribution in [1.29, 1.82) is 0 Å². The molecule has 0 saturated heterocycles. The van der Waals surface area contributed by atoms with Gasteiger partial charge in [0.2, 0.25) is 5.91 Å². The highest BCUT2D eigenvalue weighted by atomic mass is 16.5. The normalized spacial score (nSPS) is 28.1. The van der Waals surface area contributed by atoms with Gasteiger partial charge in [0.05, 0.1) is 6.04 Å². The molecule has 5 nitrogen and oxygen atoms in total. The molecule has 0 aliphatic heterocycles. The Labute approximate surface area is 120 Å². The van der Waals surface area contributed by atoms with E-state index in [2.05, 4.69) is 29.6 Å². The zero-order valence-corrected chi connectivity index (χ0v) is 12.8. The van der Waals surface area contributed by atoms with Crippen LogP contribution in [0.15, 0.2) is 10.6 Å². The van der Waals surface area contributed by atoms with Gasteiger partial charge in [0.1, 0.15) is 5.76 Å². The highest BCUT2D eigenvalue weighted by Gasteiger charge is 2.29. The van der Waals surface area contributed by atoms with E-state index in [1.807, 2.05) is 6.92 Å². The minimum absolute atomic E-state index is 0.0660. The van der Waals surface area contributed by atoms with E-state index in [4.69, 9.17) is 4.52 Å². The molecule has 0 spiro atoms. The molecule has 1 saturated carbocycles. The van der Waals surface area contributed by atoms with Crippen molar-refractivity contribution in [3.8, 4) is 0 Å². The van der Waals surface area contributed by atoms with Gasteiger partial charge >= 0.3 is 0 Å². The fourth-order valence-corrected chi connectivity index (χ4v) is 2.87. The van der Waals surface area contributed by atoms with Gasteiger partial charge in [-0.15, -0.1) is 0 Å². The average molecular weight is 279 g/mol. The number of hydrogen-bond donors (Lipinski definition) is 2. The van der Waals surface area contributed by atoms with Gasteiger partial charge in [-0.3, -0.25) is 4.79 Å². The molecule has 1 aromatic heterocycles. The number of nitrogens with one attached hydrogen (secondary N) is 2. The Morgan fingerprint density at radius 2 is 2.20 bits per heavy atom. The lowest BCUT2D eigenvalue weighted by Crippen LogP contribution is -2.49. The third-order valence-electron chi connectivity index (χ3n) is 4.44. The third-order valence-corrected chi connectivity index (χ3v) is 4.44. The van der Waals surface area contributed by atoms with Gasteiger partial charge in [0.15, 0.2) is 5.82 Å². The van der Waals surface area contributed by atoms with Crippen LogP contribution >= 0.6 is 0 Å². The first-order valence-electron chi connectivity index (χ1n) is 7.47. The molecular formula is C15H25N3O2. The summed E-state index contributed by atoms with van der Waals surface area (Å²) in [5.74, 6) is 2.42. The van der Waals surface area contributed by atoms with Gasteiger partial charge < -0.3 is 15.2 Å². The fraction of sp³-hybridized carbons (Fsp3) is 0.733. The Balaban J connectivity index is 1.87. The molecule has 4 unspecified atom stereocenters. The zero-order chi connectivity index (χ0) is 14.7. The topological polar surface area (TPSA) is 67.2 Å². The zero-order valence-electron chi connectivity index (χ0n) is 12.8. The maximum atomic E-state index is 12.1. The number of carbonyl (C=O) groups is 1. The molecule has 112 valence electrons. The Morgan fingerprint density at radius 1 is 1.45 bits per heavy atom. The van der Waals surface area contributed by atoms with Crippen molar-refractivity contribution in [1.82, 2.24) is 10.5 Å². The molecule has 1 aliphatic carbocycles. The standard InChI is InChI=1S/C15H25N3O2/c1-9-6-5-7-13(11(9)3)16-12(4)15(19)17-14-8-10(2)20-18-14/h8-9,11-13,16H,5-7H2,1-4H3,(H,17,18,19). The van der Waals surface area contributed by atoms with Gasteiger partial charge in [-0.05, 0) is 32.1 Å². The van der Waals surface area contributed by atoms with Crippen LogP contribution in [0, 0.1) is 18.8 Å². The molecule has 4 atom stereocenters. The van der Waals surface area contributed by atoms with E-state index in [1.165, 1.54) is 12.8 Å². The van der Waals surface area contributed by atoms with Crippen LogP contribution < -0.4 is 10.6 Å². The molecule has 2 rings (SSSR count). The summed E-state index contributed by atoms with van der Waals surface area (Å²) in [7, 11) is 0. The first kappa shape index (κ1) is 15.0. The molecule has 0 radical (unpaired) electrons. The molecule has 2 N–H and O–H groups in total. The average Bonchev–Trinajstić information content (AvgIpc) is 2.80. The lowest BCUT2D eigenvalue weighted by atomic mass is 9.78. The van der Waals surface area contributed by atoms with Crippen molar-refractivity contribution in [3.63, 3.8) is 0 Å². The van der Waals surface area contributed by atoms with E-state index in [1.54, 1.807) is 13.0 Å². The SMILES string of the molecule is Cc1cc(NC(=O)C(C)NC2CCCC(C)C2C)no1. The lowest BCUT2D eigenvalue weighted by molar-refractivity contribution is -0.118. The van der Waals surface area contributed by atoms with Crippen molar-refractivity contribution < 1.29 is 9.32 Å². The fourth-order valence-electron chi connectivity index (χ4n) is 2.87. The Morgan fingerprint density at radius 3 is 2.85 bits per heavy atom. The summed E-state index contributed by atoms with van der Waals surface area (Å²) in [4.78, 5) is 12.1. The molecule has 0 aromatic carbocycles. The molecule has 1 heterocycles. The summed E-state index contributed by atoms with van der Waals surface area (Å²) >= 11 is 0. The number of carbonyl (C=O) groups excluding carboxylic acids is 1. The first-order valence-corrected chi connectivity index (χ1v) is 7.47. The van der Waals surface area contributed by atoms with Crippen LogP contribution in [0.2, 0.25) is 0 Å². The highest BCUT2D eigenvalue weighted by molar-refractivity contribution is 5.93. The van der Waals surface area contributed by atoms with Crippen molar-refractivity contribution in [2.75, 3.05) is 5.32 Å². The molecule has 1 fully saturated rings. The van der Waals surface area contributed by atoms with Crippen molar-refractivity contribution >= 4 is 11.7 Å². The smallest absolute Gasteiger partial charge is 0.242 e. The van der Waals surface area contributed by atoms with E-state index >= 15 is 0 Å². The predicted octanol–water partition coefficient (Wildman–Crippen LogP) is 2.72. The first-order chi connectivity index (χ1) is 9.47. The number of hydrogen-bond acceptors (Lipinski definition) is 4. The minimum atomic E-state index is -0.232. The summed E-state index contributed by atoms with van der Waals surface area (Å²) in [6, 6.07) is 1.90. The number of rotatable bonds is 4. The summed E-state index contributed by atoms with van der Waals surface area (Å²) in [6.07, 6.45) is 3.67. The summed E-state index contributed by atoms with van der Waals surface area (Å²) in [5, 5.41) is 10.0. The second kappa shape index (κ2) is 6.39. The number of nitrogens with zero attached hydrogens (tertiary/aromatic N) is 1. The van der Waals surface area contributed by atoms with Crippen molar-refractivity contribution in [3.05, 3.63) is 11.8 Å². The maximum absolute atomic E-state index is 12.1. The minimum Gasteiger partial charge on any atom is -0.360 e. The predicted molar refractivity (Wildman–Crippen MR) is 78.4 cm³/mol. The molecule has 1 aliphatic rings. The van der Waals surface area contributed by atoms with Crippen LogP contribution in [0.4, 0.5) is 5.82 Å². The molecule has 1 aromatic rings. The highest BCUT2D eigenvalue weighted by Crippen LogP contribution is 2.29. The Kier molecular flexibility index (Phi) is 4.81. The monoisotopic (exact) mass is 279 g/mol. The van der Waals surface area contributed by atoms with E-state index < -0.39 is 0 Å². The van der Waals surface area contributed by atoms with Crippen molar-refractivity contribution in [2.45, 2.75) is 59.0 Å². The second-order valence-electron chi connectivity index (χ2n) is 6.07. The molecule has 5 heteroatoms. The van der Waals surface area contributed by atoms with Gasteiger partial charge in [0, 0.05) is 12.1 Å². The lowest BCUT2D eigenvalue weighted by Gasteiger charge is -2.36. The second-order valence-corrected chi connectivity index (χ2v) is 6.07. The summed E-state index contributed by atoms with van der Waals surface area (Å²) < 4.78 is 4.94. The molecule has 0 bridgehead atoms. The molecule has 1 amide bonds. The third kappa shape index (κ3) is 3.60. The Bertz CT molecular complexity index is 458. The van der Waals surface area contributed by atoms with Crippen molar-refractivity contribution in [2.24, 2.45) is 11.8 Å². The maximum Gasteiger partial charge on any atom is 0.242 e. The van der Waals surface area contributed by atoms with Crippen LogP contribution in [0.3, 0.4) is 0 Å². The van der Waals surface area contributed by atoms with Gasteiger partial charge in [-0.2, -0.15) is 0 Å². The number of aryl methyl sites for hydroxylation is 1. The van der Waals surface area contributed by atoms with Gasteiger partial charge in [0.25, 0.3) is 0 Å². The van der Waals surface area contributed by atoms with E-state index in [0.717, 1.165) is 12.3 Å². The van der Waals surface area contributed by atoms with Gasteiger partial charge in [-0.1, -0.05) is 31.8 Å². The van der Waals surface area contributed by atoms with Crippen LogP contribution in [-0.4, -0.2) is 23.1 Å². The quantitative estimate of drug-likeness (QED) is 0.889. The molecular weight excluding hydrogens is 254 g/mol. The van der Waals surface area contributed by atoms with Crippen LogP contribution in [-0.2, 0) is 4.79 Å². The van der Waals surface area contributed by atoms with Crippen LogP contribution in [0.1, 0.15) is 45.8 Å².